The van der Waals surface area contributed by atoms with Gasteiger partial charge in [-0.15, -0.1) is 0 Å². The first-order valence-electron chi connectivity index (χ1n) is 9.79. The number of hydrogen-bond donors (Lipinski definition) is 1. The van der Waals surface area contributed by atoms with Crippen molar-refractivity contribution in [1.29, 1.82) is 0 Å². The smallest absolute Gasteiger partial charge is 0.387 e. The molecule has 168 valence electrons. The molecule has 2 aromatic carbocycles. The zero-order valence-electron chi connectivity index (χ0n) is 17.3. The highest BCUT2D eigenvalue weighted by Crippen LogP contribution is 2.33. The third-order valence-electron chi connectivity index (χ3n) is 4.18. The Bertz CT molecular complexity index is 1070. The third-order valence-corrected chi connectivity index (χ3v) is 4.18. The molecule has 0 bridgehead atoms. The highest BCUT2D eigenvalue weighted by molar-refractivity contribution is 5.96. The first-order chi connectivity index (χ1) is 15.5. The summed E-state index contributed by atoms with van der Waals surface area (Å²) in [6.45, 7) is 3.05. The number of ether oxygens (including phenoxy) is 3. The molecular weight excluding hydrogens is 422 g/mol. The summed E-state index contributed by atoms with van der Waals surface area (Å²) in [5.74, 6) is 0.399. The summed E-state index contributed by atoms with van der Waals surface area (Å²) in [6.07, 6.45) is 2.88. The minimum atomic E-state index is -2.99. The van der Waals surface area contributed by atoms with Gasteiger partial charge in [0.05, 0.1) is 24.4 Å². The van der Waals surface area contributed by atoms with Crippen LogP contribution < -0.4 is 19.5 Å². The van der Waals surface area contributed by atoms with E-state index in [9.17, 15) is 13.6 Å². The average Bonchev–Trinajstić information content (AvgIpc) is 3.26. The summed E-state index contributed by atoms with van der Waals surface area (Å²) in [7, 11) is 0. The van der Waals surface area contributed by atoms with Crippen molar-refractivity contribution >= 4 is 5.91 Å². The first-order valence-corrected chi connectivity index (χ1v) is 9.79. The molecule has 0 radical (unpaired) electrons. The number of carbonyl (C=O) groups is 1. The number of nitrogens with zero attached hydrogens (tertiary/aromatic N) is 1. The predicted octanol–water partition coefficient (Wildman–Crippen LogP) is 4.84. The standard InChI is InChI=1S/C23H22F2N2O5/c1-3-11-30-20-12-15(9-10-19(20)32-23(24)25)22-27-16(14-31-22)13-26-21(28)17-7-5-6-8-18(17)29-4-2/h3,5-10,12,14,23H,1,4,11,13H2,2H3,(H,26,28). The molecule has 1 heterocycles. The molecule has 0 aliphatic rings. The van der Waals surface area contributed by atoms with Gasteiger partial charge in [0, 0.05) is 5.56 Å². The lowest BCUT2D eigenvalue weighted by Gasteiger charge is -2.11. The molecule has 32 heavy (non-hydrogen) atoms. The lowest BCUT2D eigenvalue weighted by molar-refractivity contribution is -0.0513. The Kier molecular flexibility index (Phi) is 7.80. The number of oxazole rings is 1. The number of aromatic nitrogens is 1. The quantitative estimate of drug-likeness (QED) is 0.427. The van der Waals surface area contributed by atoms with E-state index in [1.54, 1.807) is 24.3 Å². The average molecular weight is 444 g/mol. The van der Waals surface area contributed by atoms with Crippen LogP contribution in [0.5, 0.6) is 17.2 Å². The van der Waals surface area contributed by atoms with Crippen molar-refractivity contribution in [2.75, 3.05) is 13.2 Å². The molecule has 9 heteroatoms. The monoisotopic (exact) mass is 444 g/mol. The Morgan fingerprint density at radius 1 is 1.19 bits per heavy atom. The summed E-state index contributed by atoms with van der Waals surface area (Å²) in [4.78, 5) is 16.9. The van der Waals surface area contributed by atoms with Crippen LogP contribution in [0.25, 0.3) is 11.5 Å². The second kappa shape index (κ2) is 10.9. The fraction of sp³-hybridized carbons (Fsp3) is 0.217. The fourth-order valence-corrected chi connectivity index (χ4v) is 2.82. The molecule has 3 aromatic rings. The van der Waals surface area contributed by atoms with Crippen LogP contribution >= 0.6 is 0 Å². The number of para-hydroxylation sites is 1. The first kappa shape index (κ1) is 22.8. The van der Waals surface area contributed by atoms with Gasteiger partial charge in [0.25, 0.3) is 5.91 Å². The zero-order valence-corrected chi connectivity index (χ0v) is 17.3. The van der Waals surface area contributed by atoms with E-state index in [-0.39, 0.29) is 36.4 Å². The highest BCUT2D eigenvalue weighted by Gasteiger charge is 2.16. The number of halogens is 2. The molecule has 0 aliphatic carbocycles. The number of rotatable bonds is 11. The fourth-order valence-electron chi connectivity index (χ4n) is 2.82. The van der Waals surface area contributed by atoms with Gasteiger partial charge in [-0.05, 0) is 37.3 Å². The summed E-state index contributed by atoms with van der Waals surface area (Å²) in [5.41, 5.74) is 1.38. The molecule has 0 aliphatic heterocycles. The highest BCUT2D eigenvalue weighted by atomic mass is 19.3. The van der Waals surface area contributed by atoms with E-state index in [2.05, 4.69) is 21.6 Å². The van der Waals surface area contributed by atoms with Gasteiger partial charge in [-0.25, -0.2) is 4.98 Å². The van der Waals surface area contributed by atoms with Crippen LogP contribution in [-0.4, -0.2) is 30.7 Å². The van der Waals surface area contributed by atoms with Crippen molar-refractivity contribution in [3.63, 3.8) is 0 Å². The number of amides is 1. The van der Waals surface area contributed by atoms with E-state index >= 15 is 0 Å². The summed E-state index contributed by atoms with van der Waals surface area (Å²) < 4.78 is 46.1. The maximum atomic E-state index is 12.6. The van der Waals surface area contributed by atoms with E-state index in [4.69, 9.17) is 13.9 Å². The van der Waals surface area contributed by atoms with Gasteiger partial charge in [0.1, 0.15) is 18.6 Å². The van der Waals surface area contributed by atoms with Crippen LogP contribution in [0, 0.1) is 0 Å². The van der Waals surface area contributed by atoms with Crippen LogP contribution in [0.3, 0.4) is 0 Å². The van der Waals surface area contributed by atoms with Crippen LogP contribution in [0.15, 0.2) is 65.8 Å². The Morgan fingerprint density at radius 2 is 2.00 bits per heavy atom. The number of alkyl halides is 2. The molecule has 0 fully saturated rings. The predicted molar refractivity (Wildman–Crippen MR) is 113 cm³/mol. The zero-order chi connectivity index (χ0) is 22.9. The molecule has 7 nitrogen and oxygen atoms in total. The number of carbonyl (C=O) groups excluding carboxylic acids is 1. The Labute approximate surface area is 183 Å². The van der Waals surface area contributed by atoms with Crippen molar-refractivity contribution in [2.24, 2.45) is 0 Å². The van der Waals surface area contributed by atoms with E-state index in [1.807, 2.05) is 6.92 Å². The number of hydrogen-bond acceptors (Lipinski definition) is 6. The van der Waals surface area contributed by atoms with E-state index in [1.165, 1.54) is 30.5 Å². The largest absolute Gasteiger partial charge is 0.493 e. The third kappa shape index (κ3) is 5.84. The van der Waals surface area contributed by atoms with Crippen molar-refractivity contribution in [1.82, 2.24) is 10.3 Å². The maximum absolute atomic E-state index is 12.6. The second-order valence-corrected chi connectivity index (χ2v) is 6.40. The molecule has 0 atom stereocenters. The van der Waals surface area contributed by atoms with Crippen LogP contribution in [0.2, 0.25) is 0 Å². The van der Waals surface area contributed by atoms with Crippen LogP contribution in [0.1, 0.15) is 23.0 Å². The van der Waals surface area contributed by atoms with Gasteiger partial charge in [0.2, 0.25) is 5.89 Å². The van der Waals surface area contributed by atoms with E-state index in [0.29, 0.717) is 29.2 Å². The van der Waals surface area contributed by atoms with Crippen molar-refractivity contribution in [3.05, 3.63) is 72.6 Å². The minimum absolute atomic E-state index is 0.100. The van der Waals surface area contributed by atoms with Crippen molar-refractivity contribution < 1.29 is 32.2 Å². The summed E-state index contributed by atoms with van der Waals surface area (Å²) in [6, 6.07) is 11.3. The molecule has 3 rings (SSSR count). The Hall–Kier alpha value is -3.88. The maximum Gasteiger partial charge on any atom is 0.387 e. The molecule has 1 aromatic heterocycles. The van der Waals surface area contributed by atoms with Crippen molar-refractivity contribution in [3.8, 4) is 28.7 Å². The SMILES string of the molecule is C=CCOc1cc(-c2nc(CNC(=O)c3ccccc3OCC)co2)ccc1OC(F)F. The van der Waals surface area contributed by atoms with Gasteiger partial charge in [-0.1, -0.05) is 24.8 Å². The topological polar surface area (TPSA) is 82.8 Å². The van der Waals surface area contributed by atoms with Gasteiger partial charge < -0.3 is 23.9 Å². The second-order valence-electron chi connectivity index (χ2n) is 6.40. The molecule has 1 amide bonds. The van der Waals surface area contributed by atoms with Gasteiger partial charge in [-0.3, -0.25) is 4.79 Å². The van der Waals surface area contributed by atoms with Crippen LogP contribution in [-0.2, 0) is 6.54 Å². The number of benzene rings is 2. The number of nitrogens with one attached hydrogen (secondary N) is 1. The van der Waals surface area contributed by atoms with E-state index < -0.39 is 6.61 Å². The van der Waals surface area contributed by atoms with Crippen LogP contribution in [0.4, 0.5) is 8.78 Å². The molecule has 0 saturated heterocycles. The van der Waals surface area contributed by atoms with E-state index in [0.717, 1.165) is 0 Å². The summed E-state index contributed by atoms with van der Waals surface area (Å²) >= 11 is 0. The molecule has 0 unspecified atom stereocenters. The normalized spacial score (nSPS) is 10.6. The van der Waals surface area contributed by atoms with Crippen molar-refractivity contribution in [2.45, 2.75) is 20.1 Å². The molecule has 1 N–H and O–H groups in total. The van der Waals surface area contributed by atoms with Gasteiger partial charge in [0.15, 0.2) is 11.5 Å². The minimum Gasteiger partial charge on any atom is -0.493 e. The Balaban J connectivity index is 1.71. The molecule has 0 saturated carbocycles. The molecular formula is C23H22F2N2O5. The molecule has 0 spiro atoms. The van der Waals surface area contributed by atoms with Gasteiger partial charge >= 0.3 is 6.61 Å². The summed E-state index contributed by atoms with van der Waals surface area (Å²) in [5, 5.41) is 2.77. The lowest BCUT2D eigenvalue weighted by Crippen LogP contribution is -2.23. The van der Waals surface area contributed by atoms with Gasteiger partial charge in [-0.2, -0.15) is 8.78 Å². The Morgan fingerprint density at radius 3 is 2.75 bits per heavy atom. The lowest BCUT2D eigenvalue weighted by atomic mass is 10.2.